The van der Waals surface area contributed by atoms with Crippen molar-refractivity contribution in [3.63, 3.8) is 0 Å². The van der Waals surface area contributed by atoms with Gasteiger partial charge in [0.25, 0.3) is 0 Å². The third kappa shape index (κ3) is 4.38. The third-order valence-electron chi connectivity index (χ3n) is 4.02. The van der Waals surface area contributed by atoms with Crippen LogP contribution in [0.3, 0.4) is 0 Å². The lowest BCUT2D eigenvalue weighted by Crippen LogP contribution is -2.41. The molecule has 2 atom stereocenters. The van der Waals surface area contributed by atoms with Gasteiger partial charge in [0, 0.05) is 37.2 Å². The van der Waals surface area contributed by atoms with E-state index in [-0.39, 0.29) is 17.9 Å². The number of carbonyl (C=O) groups excluding carboxylic acids is 2. The monoisotopic (exact) mass is 335 g/mol. The number of ether oxygens (including phenoxy) is 2. The normalized spacial score (nSPS) is 18.4. The Morgan fingerprint density at radius 1 is 1.33 bits per heavy atom. The molecule has 3 N–H and O–H groups in total. The second kappa shape index (κ2) is 8.01. The lowest BCUT2D eigenvalue weighted by molar-refractivity contribution is -0.126. The van der Waals surface area contributed by atoms with Crippen molar-refractivity contribution in [2.75, 3.05) is 25.7 Å². The molecule has 1 aromatic carbocycles. The summed E-state index contributed by atoms with van der Waals surface area (Å²) in [6.07, 6.45) is 1.50. The Labute approximate surface area is 142 Å². The fourth-order valence-electron chi connectivity index (χ4n) is 2.64. The van der Waals surface area contributed by atoms with Crippen LogP contribution in [0.25, 0.3) is 0 Å². The predicted molar refractivity (Wildman–Crippen MR) is 91.3 cm³/mol. The molecule has 1 saturated heterocycles. The Morgan fingerprint density at radius 2 is 1.96 bits per heavy atom. The average molecular weight is 335 g/mol. The molecule has 132 valence electrons. The number of nitrogens with zero attached hydrogens (tertiary/aromatic N) is 1. The molecule has 0 radical (unpaired) electrons. The molecule has 0 aromatic heterocycles. The number of hydrogen-bond acceptors (Lipinski definition) is 5. The largest absolute Gasteiger partial charge is 0.497 e. The van der Waals surface area contributed by atoms with Crippen molar-refractivity contribution < 1.29 is 19.1 Å². The molecule has 2 rings (SSSR count). The number of rotatable bonds is 7. The van der Waals surface area contributed by atoms with E-state index >= 15 is 0 Å². The van der Waals surface area contributed by atoms with Gasteiger partial charge in [0.1, 0.15) is 17.5 Å². The molecule has 1 aromatic rings. The maximum atomic E-state index is 12.6. The Balaban J connectivity index is 2.04. The van der Waals surface area contributed by atoms with E-state index in [1.807, 2.05) is 6.92 Å². The molecule has 7 nitrogen and oxygen atoms in total. The Kier molecular flexibility index (Phi) is 6.03. The van der Waals surface area contributed by atoms with Crippen molar-refractivity contribution in [2.45, 2.75) is 38.3 Å². The van der Waals surface area contributed by atoms with E-state index in [9.17, 15) is 9.59 Å². The van der Waals surface area contributed by atoms with Crippen molar-refractivity contribution in [3.05, 3.63) is 18.2 Å². The van der Waals surface area contributed by atoms with Crippen LogP contribution in [0.1, 0.15) is 26.2 Å². The summed E-state index contributed by atoms with van der Waals surface area (Å²) in [6, 6.07) is 4.78. The topological polar surface area (TPSA) is 93.9 Å². The van der Waals surface area contributed by atoms with Gasteiger partial charge in [-0.3, -0.25) is 9.59 Å². The number of amides is 2. The van der Waals surface area contributed by atoms with Crippen LogP contribution in [0.15, 0.2) is 18.2 Å². The van der Waals surface area contributed by atoms with E-state index in [1.54, 1.807) is 37.3 Å². The zero-order valence-corrected chi connectivity index (χ0v) is 14.4. The Bertz CT molecular complexity index is 581. The van der Waals surface area contributed by atoms with Gasteiger partial charge in [-0.15, -0.1) is 0 Å². The van der Waals surface area contributed by atoms with Gasteiger partial charge in [-0.25, -0.2) is 0 Å². The van der Waals surface area contributed by atoms with Crippen molar-refractivity contribution in [1.82, 2.24) is 5.32 Å². The first-order valence-corrected chi connectivity index (χ1v) is 8.04. The van der Waals surface area contributed by atoms with Crippen LogP contribution in [0.5, 0.6) is 11.5 Å². The first-order chi connectivity index (χ1) is 11.4. The summed E-state index contributed by atoms with van der Waals surface area (Å²) in [6.45, 7) is 2.39. The van der Waals surface area contributed by atoms with Crippen LogP contribution in [0, 0.1) is 0 Å². The summed E-state index contributed by atoms with van der Waals surface area (Å²) in [4.78, 5) is 26.1. The minimum atomic E-state index is -0.497. The van der Waals surface area contributed by atoms with E-state index in [1.165, 1.54) is 0 Å². The zero-order chi connectivity index (χ0) is 17.7. The molecular weight excluding hydrogens is 310 g/mol. The number of methoxy groups -OCH3 is 2. The van der Waals surface area contributed by atoms with Crippen molar-refractivity contribution in [3.8, 4) is 11.5 Å². The van der Waals surface area contributed by atoms with Gasteiger partial charge in [0.2, 0.25) is 11.8 Å². The highest BCUT2D eigenvalue weighted by Gasteiger charge is 2.33. The van der Waals surface area contributed by atoms with Crippen LogP contribution in [-0.2, 0) is 9.59 Å². The van der Waals surface area contributed by atoms with Crippen molar-refractivity contribution in [2.24, 2.45) is 5.73 Å². The third-order valence-corrected chi connectivity index (χ3v) is 4.02. The SMILES string of the molecule is COc1cc(OC)cc(N2CCC(NC(=O)CCC(C)N)C2=O)c1. The lowest BCUT2D eigenvalue weighted by Gasteiger charge is -2.19. The van der Waals surface area contributed by atoms with E-state index in [4.69, 9.17) is 15.2 Å². The van der Waals surface area contributed by atoms with Gasteiger partial charge in [0.15, 0.2) is 0 Å². The minimum absolute atomic E-state index is 0.0317. The number of benzene rings is 1. The molecule has 0 saturated carbocycles. The average Bonchev–Trinajstić information content (AvgIpc) is 2.93. The molecular formula is C17H25N3O4. The van der Waals surface area contributed by atoms with Gasteiger partial charge < -0.3 is 25.4 Å². The van der Waals surface area contributed by atoms with E-state index in [2.05, 4.69) is 5.32 Å². The molecule has 0 bridgehead atoms. The van der Waals surface area contributed by atoms with Crippen LogP contribution in [0.4, 0.5) is 5.69 Å². The van der Waals surface area contributed by atoms with Crippen LogP contribution in [-0.4, -0.2) is 44.7 Å². The molecule has 1 aliphatic rings. The fraction of sp³-hybridized carbons (Fsp3) is 0.529. The summed E-state index contributed by atoms with van der Waals surface area (Å²) in [7, 11) is 3.12. The number of anilines is 1. The lowest BCUT2D eigenvalue weighted by atomic mass is 10.1. The zero-order valence-electron chi connectivity index (χ0n) is 14.4. The Morgan fingerprint density at radius 3 is 2.50 bits per heavy atom. The first-order valence-electron chi connectivity index (χ1n) is 8.04. The smallest absolute Gasteiger partial charge is 0.249 e. The summed E-state index contributed by atoms with van der Waals surface area (Å²) in [5, 5.41) is 2.79. The van der Waals surface area contributed by atoms with Crippen LogP contribution >= 0.6 is 0 Å². The summed E-state index contributed by atoms with van der Waals surface area (Å²) >= 11 is 0. The number of nitrogens with one attached hydrogen (secondary N) is 1. The molecule has 24 heavy (non-hydrogen) atoms. The van der Waals surface area contributed by atoms with Crippen LogP contribution in [0.2, 0.25) is 0 Å². The highest BCUT2D eigenvalue weighted by atomic mass is 16.5. The van der Waals surface area contributed by atoms with Crippen LogP contribution < -0.4 is 25.4 Å². The summed E-state index contributed by atoms with van der Waals surface area (Å²) in [5.41, 5.74) is 6.35. The number of carbonyl (C=O) groups is 2. The highest BCUT2D eigenvalue weighted by Crippen LogP contribution is 2.30. The fourth-order valence-corrected chi connectivity index (χ4v) is 2.64. The molecule has 1 fully saturated rings. The quantitative estimate of drug-likeness (QED) is 0.777. The number of nitrogens with two attached hydrogens (primary N) is 1. The minimum Gasteiger partial charge on any atom is -0.497 e. The van der Waals surface area contributed by atoms with Crippen molar-refractivity contribution >= 4 is 17.5 Å². The molecule has 0 spiro atoms. The standard InChI is InChI=1S/C17H25N3O4/c1-11(18)4-5-16(21)19-15-6-7-20(17(15)22)12-8-13(23-2)10-14(9-12)24-3/h8-11,15H,4-7,18H2,1-3H3,(H,19,21). The maximum absolute atomic E-state index is 12.6. The van der Waals surface area contributed by atoms with E-state index < -0.39 is 6.04 Å². The van der Waals surface area contributed by atoms with Crippen molar-refractivity contribution in [1.29, 1.82) is 0 Å². The molecule has 1 heterocycles. The highest BCUT2D eigenvalue weighted by molar-refractivity contribution is 6.01. The second-order valence-electron chi connectivity index (χ2n) is 5.99. The predicted octanol–water partition coefficient (Wildman–Crippen LogP) is 1.05. The summed E-state index contributed by atoms with van der Waals surface area (Å²) < 4.78 is 10.5. The molecule has 0 aliphatic carbocycles. The van der Waals surface area contributed by atoms with Gasteiger partial charge in [0.05, 0.1) is 19.9 Å². The van der Waals surface area contributed by atoms with Gasteiger partial charge in [-0.2, -0.15) is 0 Å². The van der Waals surface area contributed by atoms with Gasteiger partial charge in [-0.1, -0.05) is 0 Å². The number of hydrogen-bond donors (Lipinski definition) is 2. The Hall–Kier alpha value is -2.28. The summed E-state index contributed by atoms with van der Waals surface area (Å²) in [5.74, 6) is 0.957. The first kappa shape index (κ1) is 18.1. The molecule has 7 heteroatoms. The molecule has 2 amide bonds. The molecule has 2 unspecified atom stereocenters. The maximum Gasteiger partial charge on any atom is 0.249 e. The van der Waals surface area contributed by atoms with E-state index in [0.29, 0.717) is 43.0 Å². The van der Waals surface area contributed by atoms with Gasteiger partial charge in [-0.05, 0) is 19.8 Å². The van der Waals surface area contributed by atoms with E-state index in [0.717, 1.165) is 0 Å². The second-order valence-corrected chi connectivity index (χ2v) is 5.99. The van der Waals surface area contributed by atoms with Gasteiger partial charge >= 0.3 is 0 Å². The molecule has 1 aliphatic heterocycles.